The largest absolute Gasteiger partial charge is 0.477 e. The monoisotopic (exact) mass is 389 g/mol. The van der Waals surface area contributed by atoms with Crippen LogP contribution >= 0.6 is 0 Å². The number of aromatic nitrogens is 2. The van der Waals surface area contributed by atoms with Gasteiger partial charge >= 0.3 is 5.97 Å². The highest BCUT2D eigenvalue weighted by molar-refractivity contribution is 6.01. The Labute approximate surface area is 159 Å². The summed E-state index contributed by atoms with van der Waals surface area (Å²) in [5.74, 6) is -1.90. The second-order valence-electron chi connectivity index (χ2n) is 7.04. The summed E-state index contributed by atoms with van der Waals surface area (Å²) in [6.07, 6.45) is 2.70. The van der Waals surface area contributed by atoms with Crippen molar-refractivity contribution < 1.29 is 19.1 Å². The molecule has 0 amide bonds. The molecular formula is C18H20FN5O4. The van der Waals surface area contributed by atoms with E-state index in [-0.39, 0.29) is 40.9 Å². The smallest absolute Gasteiger partial charge is 0.343 e. The average molecular weight is 389 g/mol. The summed E-state index contributed by atoms with van der Waals surface area (Å²) in [7, 11) is 1.43. The van der Waals surface area contributed by atoms with Crippen LogP contribution in [0.5, 0.6) is 0 Å². The van der Waals surface area contributed by atoms with Crippen molar-refractivity contribution in [2.24, 2.45) is 16.8 Å². The quantitative estimate of drug-likeness (QED) is 0.730. The zero-order chi connectivity index (χ0) is 20.0. The predicted molar refractivity (Wildman–Crippen MR) is 100 cm³/mol. The molecule has 2 fully saturated rings. The molecule has 0 bridgehead atoms. The normalized spacial score (nSPS) is 20.9. The minimum absolute atomic E-state index is 0.00824. The van der Waals surface area contributed by atoms with Crippen molar-refractivity contribution in [2.45, 2.75) is 18.9 Å². The van der Waals surface area contributed by atoms with Crippen LogP contribution in [0.15, 0.2) is 22.2 Å². The molecule has 1 saturated heterocycles. The fourth-order valence-corrected chi connectivity index (χ4v) is 3.78. The number of rotatable bonds is 5. The van der Waals surface area contributed by atoms with Crippen molar-refractivity contribution in [3.8, 4) is 0 Å². The van der Waals surface area contributed by atoms with Crippen LogP contribution < -0.4 is 16.1 Å². The molecule has 1 aliphatic heterocycles. The van der Waals surface area contributed by atoms with Gasteiger partial charge in [0.1, 0.15) is 30.0 Å². The molecule has 4 rings (SSSR count). The van der Waals surface area contributed by atoms with Crippen LogP contribution in [0.25, 0.3) is 11.0 Å². The second kappa shape index (κ2) is 6.86. The Morgan fingerprint density at radius 2 is 2.25 bits per heavy atom. The summed E-state index contributed by atoms with van der Waals surface area (Å²) >= 11 is 0. The lowest BCUT2D eigenvalue weighted by molar-refractivity contribution is 0.0695. The Bertz CT molecular complexity index is 1050. The van der Waals surface area contributed by atoms with Crippen molar-refractivity contribution in [2.75, 3.05) is 31.6 Å². The number of pyridine rings is 2. The van der Waals surface area contributed by atoms with Crippen molar-refractivity contribution in [1.82, 2.24) is 9.55 Å². The number of carboxylic acid groups (broad SMARTS) is 1. The van der Waals surface area contributed by atoms with Crippen LogP contribution in [-0.4, -0.2) is 53.1 Å². The highest BCUT2D eigenvalue weighted by Gasteiger charge is 2.38. The maximum Gasteiger partial charge on any atom is 0.343 e. The summed E-state index contributed by atoms with van der Waals surface area (Å²) in [6, 6.07) is 1.05. The third kappa shape index (κ3) is 2.89. The third-order valence-corrected chi connectivity index (χ3v) is 5.17. The van der Waals surface area contributed by atoms with Crippen LogP contribution in [-0.2, 0) is 4.84 Å². The van der Waals surface area contributed by atoms with Crippen LogP contribution in [0, 0.1) is 11.7 Å². The standard InChI is InChI=1S/C18H20FN5O4/c1-28-22-13-8-23(7-9(13)5-20)17-14(18(26)27)15(25)12-4-10(19)6-21-16(12)24(17)11-2-3-11/h4,6,9,11H,2-3,5,7-8,20H2,1H3,(H,26,27). The van der Waals surface area contributed by atoms with Crippen LogP contribution in [0.3, 0.4) is 0 Å². The van der Waals surface area contributed by atoms with Crippen molar-refractivity contribution in [3.63, 3.8) is 0 Å². The van der Waals surface area contributed by atoms with Crippen molar-refractivity contribution in [3.05, 3.63) is 33.9 Å². The van der Waals surface area contributed by atoms with E-state index in [0.717, 1.165) is 25.1 Å². The molecule has 2 aromatic rings. The number of carboxylic acids is 1. The number of aromatic carboxylic acids is 1. The zero-order valence-electron chi connectivity index (χ0n) is 15.3. The molecule has 0 radical (unpaired) electrons. The van der Waals surface area contributed by atoms with E-state index in [1.807, 2.05) is 0 Å². The molecule has 1 aliphatic carbocycles. The van der Waals surface area contributed by atoms with Gasteiger partial charge in [0.2, 0.25) is 5.43 Å². The van der Waals surface area contributed by atoms with Gasteiger partial charge in [0.25, 0.3) is 0 Å². The molecule has 0 aromatic carbocycles. The Morgan fingerprint density at radius 3 is 2.86 bits per heavy atom. The van der Waals surface area contributed by atoms with Crippen molar-refractivity contribution >= 4 is 28.5 Å². The summed E-state index contributed by atoms with van der Waals surface area (Å²) in [5.41, 5.74) is 5.67. The second-order valence-corrected chi connectivity index (χ2v) is 7.04. The zero-order valence-corrected chi connectivity index (χ0v) is 15.3. The summed E-state index contributed by atoms with van der Waals surface area (Å²) in [5, 5.41) is 13.8. The van der Waals surface area contributed by atoms with Gasteiger partial charge in [-0.1, -0.05) is 5.16 Å². The highest BCUT2D eigenvalue weighted by atomic mass is 19.1. The topological polar surface area (TPSA) is 123 Å². The van der Waals surface area contributed by atoms with Crippen LogP contribution in [0.2, 0.25) is 0 Å². The van der Waals surface area contributed by atoms with E-state index in [9.17, 15) is 19.1 Å². The minimum Gasteiger partial charge on any atom is -0.477 e. The number of fused-ring (bicyclic) bond motifs is 1. The first-order valence-electron chi connectivity index (χ1n) is 8.98. The third-order valence-electron chi connectivity index (χ3n) is 5.17. The summed E-state index contributed by atoms with van der Waals surface area (Å²) in [4.78, 5) is 35.8. The van der Waals surface area contributed by atoms with E-state index in [0.29, 0.717) is 18.8 Å². The number of nitrogens with zero attached hydrogens (tertiary/aromatic N) is 4. The molecular weight excluding hydrogens is 369 g/mol. The molecule has 148 valence electrons. The van der Waals surface area contributed by atoms with E-state index < -0.39 is 17.2 Å². The lowest BCUT2D eigenvalue weighted by atomic mass is 10.1. The fourth-order valence-electron chi connectivity index (χ4n) is 3.78. The number of hydrogen-bond acceptors (Lipinski definition) is 7. The molecule has 9 nitrogen and oxygen atoms in total. The average Bonchev–Trinajstić information content (AvgIpc) is 3.42. The van der Waals surface area contributed by atoms with Gasteiger partial charge in [-0.05, 0) is 18.9 Å². The molecule has 10 heteroatoms. The number of halogens is 1. The number of hydrogen-bond donors (Lipinski definition) is 2. The van der Waals surface area contributed by atoms with Gasteiger partial charge in [-0.3, -0.25) is 4.79 Å². The first kappa shape index (κ1) is 18.4. The summed E-state index contributed by atoms with van der Waals surface area (Å²) < 4.78 is 15.5. The Balaban J connectivity index is 2.00. The number of nitrogens with two attached hydrogens (primary N) is 1. The maximum absolute atomic E-state index is 13.7. The van der Waals surface area contributed by atoms with Gasteiger partial charge in [0.05, 0.1) is 23.8 Å². The van der Waals surface area contributed by atoms with Crippen LogP contribution in [0.4, 0.5) is 10.2 Å². The Hall–Kier alpha value is -3.01. The maximum atomic E-state index is 13.7. The molecule has 2 aliphatic rings. The molecule has 1 atom stereocenters. The first-order chi connectivity index (χ1) is 13.5. The van der Waals surface area contributed by atoms with E-state index in [2.05, 4.69) is 10.1 Å². The van der Waals surface area contributed by atoms with Gasteiger partial charge in [0.15, 0.2) is 0 Å². The van der Waals surface area contributed by atoms with Gasteiger partial charge < -0.3 is 25.1 Å². The van der Waals surface area contributed by atoms with Gasteiger partial charge in [0, 0.05) is 25.0 Å². The van der Waals surface area contributed by atoms with Crippen molar-refractivity contribution in [1.29, 1.82) is 0 Å². The summed E-state index contributed by atoms with van der Waals surface area (Å²) in [6.45, 7) is 0.998. The lowest BCUT2D eigenvalue weighted by Gasteiger charge is -2.26. The fraction of sp³-hybridized carbons (Fsp3) is 0.444. The van der Waals surface area contributed by atoms with E-state index in [1.54, 1.807) is 9.47 Å². The Morgan fingerprint density at radius 1 is 1.50 bits per heavy atom. The highest BCUT2D eigenvalue weighted by Crippen LogP contribution is 2.41. The minimum atomic E-state index is -1.36. The predicted octanol–water partition coefficient (Wildman–Crippen LogP) is 0.966. The number of anilines is 1. The molecule has 0 spiro atoms. The van der Waals surface area contributed by atoms with Crippen LogP contribution in [0.1, 0.15) is 29.2 Å². The molecule has 1 saturated carbocycles. The molecule has 28 heavy (non-hydrogen) atoms. The van der Waals surface area contributed by atoms with Gasteiger partial charge in [-0.2, -0.15) is 0 Å². The van der Waals surface area contributed by atoms with E-state index in [4.69, 9.17) is 10.6 Å². The molecule has 2 aromatic heterocycles. The van der Waals surface area contributed by atoms with Gasteiger partial charge in [-0.25, -0.2) is 14.2 Å². The molecule has 1 unspecified atom stereocenters. The molecule has 3 N–H and O–H groups in total. The van der Waals surface area contributed by atoms with E-state index in [1.165, 1.54) is 7.11 Å². The lowest BCUT2D eigenvalue weighted by Crippen LogP contribution is -2.32. The Kier molecular flexibility index (Phi) is 4.50. The van der Waals surface area contributed by atoms with E-state index >= 15 is 0 Å². The number of carbonyl (C=O) groups is 1. The van der Waals surface area contributed by atoms with Gasteiger partial charge in [-0.15, -0.1) is 0 Å². The number of oxime groups is 1. The first-order valence-corrected chi connectivity index (χ1v) is 8.98. The molecule has 3 heterocycles. The SMILES string of the molecule is CON=C1CN(c2c(C(=O)O)c(=O)c3cc(F)cnc3n2C2CC2)CC1CN.